The summed E-state index contributed by atoms with van der Waals surface area (Å²) >= 11 is 2.89. The molecule has 0 aliphatic carbocycles. The molecular weight excluding hydrogens is 326 g/mol. The molecule has 1 aliphatic rings. The number of sulfone groups is 1. The molecule has 2 aromatic heterocycles. The van der Waals surface area contributed by atoms with Crippen LogP contribution in [-0.4, -0.2) is 21.2 Å². The largest absolute Gasteiger partial charge is 0.396 e. The van der Waals surface area contributed by atoms with Crippen molar-refractivity contribution >= 4 is 43.2 Å². The Balaban J connectivity index is 2.10. The van der Waals surface area contributed by atoms with E-state index in [1.54, 1.807) is 11.3 Å². The van der Waals surface area contributed by atoms with E-state index in [1.807, 2.05) is 11.0 Å². The fraction of sp³-hybridized carbons (Fsp3) is 0.308. The number of thiophene rings is 2. The van der Waals surface area contributed by atoms with Gasteiger partial charge in [0.05, 0.1) is 5.69 Å². The van der Waals surface area contributed by atoms with Gasteiger partial charge in [0.15, 0.2) is 9.84 Å². The zero-order valence-electron chi connectivity index (χ0n) is 11.3. The number of hydrogen-bond donors (Lipinski definition) is 1. The lowest BCUT2D eigenvalue weighted by molar-refractivity contribution is 0.602. The Kier molecular flexibility index (Phi) is 3.43. The number of nitrogen functional groups attached to an aromatic ring is 1. The molecule has 8 heteroatoms. The summed E-state index contributed by atoms with van der Waals surface area (Å²) in [5, 5.41) is 11.8. The van der Waals surface area contributed by atoms with Crippen molar-refractivity contribution in [2.24, 2.45) is 0 Å². The number of nitrogens with two attached hydrogens (primary N) is 1. The maximum Gasteiger partial charge on any atom is 0.180 e. The summed E-state index contributed by atoms with van der Waals surface area (Å²) in [4.78, 5) is 3.72. The van der Waals surface area contributed by atoms with Crippen LogP contribution < -0.4 is 10.6 Å². The molecule has 1 aliphatic heterocycles. The maximum atomic E-state index is 12.0. The van der Waals surface area contributed by atoms with Crippen LogP contribution in [0.4, 0.5) is 10.7 Å². The molecule has 2 aromatic rings. The van der Waals surface area contributed by atoms with Gasteiger partial charge in [-0.3, -0.25) is 0 Å². The SMILES string of the molecule is CS(=O)(=O)c1c(N2CCc3sccc3C2)sc(C#N)c1N. The van der Waals surface area contributed by atoms with Gasteiger partial charge in [-0.05, 0) is 23.4 Å². The minimum atomic E-state index is -3.47. The molecule has 0 unspecified atom stereocenters. The van der Waals surface area contributed by atoms with E-state index in [1.165, 1.54) is 10.4 Å². The highest BCUT2D eigenvalue weighted by Gasteiger charge is 2.29. The Labute approximate surface area is 131 Å². The molecule has 0 saturated carbocycles. The molecule has 0 atom stereocenters. The van der Waals surface area contributed by atoms with Gasteiger partial charge in [0.2, 0.25) is 0 Å². The van der Waals surface area contributed by atoms with Crippen molar-refractivity contribution in [3.05, 3.63) is 26.8 Å². The zero-order chi connectivity index (χ0) is 15.2. The normalized spacial score (nSPS) is 14.8. The molecule has 5 nitrogen and oxygen atoms in total. The van der Waals surface area contributed by atoms with Crippen molar-refractivity contribution in [2.75, 3.05) is 23.4 Å². The fourth-order valence-corrected chi connectivity index (χ4v) is 5.91. The molecule has 3 heterocycles. The van der Waals surface area contributed by atoms with Gasteiger partial charge >= 0.3 is 0 Å². The van der Waals surface area contributed by atoms with Gasteiger partial charge in [0.1, 0.15) is 20.8 Å². The van der Waals surface area contributed by atoms with Crippen LogP contribution in [-0.2, 0) is 22.8 Å². The lowest BCUT2D eigenvalue weighted by Crippen LogP contribution is -2.29. The predicted molar refractivity (Wildman–Crippen MR) is 85.6 cm³/mol. The summed E-state index contributed by atoms with van der Waals surface area (Å²) in [5.74, 6) is 0. The molecule has 0 aromatic carbocycles. The molecule has 3 rings (SSSR count). The van der Waals surface area contributed by atoms with Crippen molar-refractivity contribution in [1.29, 1.82) is 5.26 Å². The number of anilines is 2. The summed E-state index contributed by atoms with van der Waals surface area (Å²) < 4.78 is 24.1. The summed E-state index contributed by atoms with van der Waals surface area (Å²) in [7, 11) is -3.47. The molecule has 0 amide bonds. The third kappa shape index (κ3) is 2.41. The van der Waals surface area contributed by atoms with Crippen molar-refractivity contribution < 1.29 is 8.42 Å². The van der Waals surface area contributed by atoms with Crippen LogP contribution in [0.15, 0.2) is 16.3 Å². The molecule has 0 bridgehead atoms. The smallest absolute Gasteiger partial charge is 0.180 e. The quantitative estimate of drug-likeness (QED) is 0.906. The summed E-state index contributed by atoms with van der Waals surface area (Å²) in [6.07, 6.45) is 2.02. The first-order valence-electron chi connectivity index (χ1n) is 6.24. The Morgan fingerprint density at radius 1 is 1.48 bits per heavy atom. The lowest BCUT2D eigenvalue weighted by atomic mass is 10.1. The van der Waals surface area contributed by atoms with E-state index in [4.69, 9.17) is 11.0 Å². The first-order valence-corrected chi connectivity index (χ1v) is 9.83. The van der Waals surface area contributed by atoms with E-state index < -0.39 is 9.84 Å². The van der Waals surface area contributed by atoms with Gasteiger partial charge in [-0.15, -0.1) is 22.7 Å². The monoisotopic (exact) mass is 339 g/mol. The van der Waals surface area contributed by atoms with Crippen LogP contribution in [0.25, 0.3) is 0 Å². The Morgan fingerprint density at radius 2 is 2.24 bits per heavy atom. The predicted octanol–water partition coefficient (Wildman–Crippen LogP) is 2.23. The summed E-state index contributed by atoms with van der Waals surface area (Å²) in [5.41, 5.74) is 7.16. The van der Waals surface area contributed by atoms with Crippen LogP contribution in [0, 0.1) is 11.3 Å². The van der Waals surface area contributed by atoms with Gasteiger partial charge in [-0.25, -0.2) is 8.42 Å². The second-order valence-electron chi connectivity index (χ2n) is 4.90. The third-order valence-electron chi connectivity index (χ3n) is 3.45. The first kappa shape index (κ1) is 14.4. The van der Waals surface area contributed by atoms with Crippen LogP contribution in [0.3, 0.4) is 0 Å². The van der Waals surface area contributed by atoms with E-state index in [-0.39, 0.29) is 15.5 Å². The second kappa shape index (κ2) is 5.02. The number of fused-ring (bicyclic) bond motifs is 1. The van der Waals surface area contributed by atoms with Gasteiger partial charge in [0.25, 0.3) is 0 Å². The molecule has 0 saturated heterocycles. The molecule has 0 spiro atoms. The molecule has 0 fully saturated rings. The third-order valence-corrected chi connectivity index (χ3v) is 6.93. The van der Waals surface area contributed by atoms with E-state index in [9.17, 15) is 8.42 Å². The van der Waals surface area contributed by atoms with Crippen molar-refractivity contribution in [3.63, 3.8) is 0 Å². The fourth-order valence-electron chi connectivity index (χ4n) is 2.49. The highest BCUT2D eigenvalue weighted by atomic mass is 32.2. The van der Waals surface area contributed by atoms with Crippen molar-refractivity contribution in [2.45, 2.75) is 17.9 Å². The van der Waals surface area contributed by atoms with E-state index in [0.717, 1.165) is 30.6 Å². The van der Waals surface area contributed by atoms with Gasteiger partial charge in [-0.1, -0.05) is 0 Å². The van der Waals surface area contributed by atoms with Crippen molar-refractivity contribution in [1.82, 2.24) is 0 Å². The van der Waals surface area contributed by atoms with Crippen LogP contribution in [0.1, 0.15) is 15.3 Å². The summed E-state index contributed by atoms with van der Waals surface area (Å²) in [6.45, 7) is 1.40. The lowest BCUT2D eigenvalue weighted by Gasteiger charge is -2.28. The standard InChI is InChI=1S/C13H13N3O2S3/c1-21(17,18)12-11(15)10(6-14)20-13(12)16-4-2-9-8(7-16)3-5-19-9/h3,5H,2,4,7,15H2,1H3. The maximum absolute atomic E-state index is 12.0. The van der Waals surface area contributed by atoms with Gasteiger partial charge in [-0.2, -0.15) is 5.26 Å². The number of nitriles is 1. The average molecular weight is 339 g/mol. The number of hydrogen-bond acceptors (Lipinski definition) is 7. The summed E-state index contributed by atoms with van der Waals surface area (Å²) in [6, 6.07) is 4.05. The molecule has 2 N–H and O–H groups in total. The van der Waals surface area contributed by atoms with Gasteiger partial charge < -0.3 is 10.6 Å². The topological polar surface area (TPSA) is 87.2 Å². The molecule has 21 heavy (non-hydrogen) atoms. The Bertz CT molecular complexity index is 843. The molecule has 0 radical (unpaired) electrons. The van der Waals surface area contributed by atoms with Gasteiger partial charge in [0, 0.05) is 24.2 Å². The van der Waals surface area contributed by atoms with Crippen LogP contribution >= 0.6 is 22.7 Å². The number of nitrogens with zero attached hydrogens (tertiary/aromatic N) is 2. The van der Waals surface area contributed by atoms with Crippen molar-refractivity contribution in [3.8, 4) is 6.07 Å². The minimum absolute atomic E-state index is 0.0797. The average Bonchev–Trinajstić information content (AvgIpc) is 3.00. The number of rotatable bonds is 2. The second-order valence-corrected chi connectivity index (χ2v) is 8.86. The Hall–Kier alpha value is -1.56. The zero-order valence-corrected chi connectivity index (χ0v) is 13.7. The first-order chi connectivity index (χ1) is 9.91. The van der Waals surface area contributed by atoms with E-state index in [0.29, 0.717) is 11.5 Å². The van der Waals surface area contributed by atoms with E-state index >= 15 is 0 Å². The van der Waals surface area contributed by atoms with Crippen LogP contribution in [0.5, 0.6) is 0 Å². The van der Waals surface area contributed by atoms with Crippen LogP contribution in [0.2, 0.25) is 0 Å². The molecule has 110 valence electrons. The Morgan fingerprint density at radius 3 is 2.90 bits per heavy atom. The highest BCUT2D eigenvalue weighted by molar-refractivity contribution is 7.91. The highest BCUT2D eigenvalue weighted by Crippen LogP contribution is 2.42. The minimum Gasteiger partial charge on any atom is -0.396 e. The van der Waals surface area contributed by atoms with E-state index in [2.05, 4.69) is 11.4 Å². The molecular formula is C13H13N3O2S3.